The van der Waals surface area contributed by atoms with E-state index in [4.69, 9.17) is 5.73 Å². The van der Waals surface area contributed by atoms with Gasteiger partial charge in [-0.3, -0.25) is 19.2 Å². The van der Waals surface area contributed by atoms with E-state index in [1.807, 2.05) is 41.5 Å². The van der Waals surface area contributed by atoms with E-state index in [-0.39, 0.29) is 35.4 Å². The Bertz CT molecular complexity index is 941. The number of rotatable bonds is 9. The fraction of sp³-hybridized carbons (Fsp3) is 0.815. The molecule has 2 saturated carbocycles. The fourth-order valence-electron chi connectivity index (χ4n) is 5.81. The quantitative estimate of drug-likeness (QED) is 0.414. The zero-order valence-electron chi connectivity index (χ0n) is 23.1. The minimum absolute atomic E-state index is 0.0109. The molecule has 36 heavy (non-hydrogen) atoms. The number of nitrogens with two attached hydrogens (primary N) is 1. The smallest absolute Gasteiger partial charge is 0.315 e. The third-order valence-electron chi connectivity index (χ3n) is 8.07. The van der Waals surface area contributed by atoms with E-state index >= 15 is 0 Å². The number of nitrogens with zero attached hydrogens (tertiary/aromatic N) is 1. The van der Waals surface area contributed by atoms with Crippen molar-refractivity contribution in [2.75, 3.05) is 6.54 Å². The first-order chi connectivity index (χ1) is 16.3. The van der Waals surface area contributed by atoms with Crippen LogP contribution in [0.25, 0.3) is 0 Å². The van der Waals surface area contributed by atoms with E-state index in [2.05, 4.69) is 24.5 Å². The Morgan fingerprint density at radius 3 is 2.08 bits per heavy atom. The van der Waals surface area contributed by atoms with Gasteiger partial charge >= 0.3 is 6.03 Å². The molecule has 4 N–H and O–H groups in total. The van der Waals surface area contributed by atoms with Crippen LogP contribution in [0.4, 0.5) is 4.79 Å². The van der Waals surface area contributed by atoms with Gasteiger partial charge in [0.2, 0.25) is 11.7 Å². The van der Waals surface area contributed by atoms with Crippen LogP contribution >= 0.6 is 0 Å². The first kappa shape index (κ1) is 28.1. The van der Waals surface area contributed by atoms with Gasteiger partial charge in [-0.15, -0.1) is 0 Å². The second-order valence-electron chi connectivity index (χ2n) is 13.8. The lowest BCUT2D eigenvalue weighted by molar-refractivity contribution is -0.144. The van der Waals surface area contributed by atoms with Crippen LogP contribution in [-0.2, 0) is 19.2 Å². The average Bonchev–Trinajstić information content (AvgIpc) is 3.55. The summed E-state index contributed by atoms with van der Waals surface area (Å²) in [6.45, 7) is 15.8. The number of fused-ring (bicyclic) bond motifs is 1. The summed E-state index contributed by atoms with van der Waals surface area (Å²) in [5.74, 6) is -2.45. The van der Waals surface area contributed by atoms with Gasteiger partial charge in [0.25, 0.3) is 5.91 Å². The average molecular weight is 505 g/mol. The summed E-state index contributed by atoms with van der Waals surface area (Å²) >= 11 is 0. The number of nitrogens with one attached hydrogen (secondary N) is 2. The van der Waals surface area contributed by atoms with Crippen molar-refractivity contribution in [2.45, 2.75) is 98.7 Å². The minimum atomic E-state index is -1.01. The van der Waals surface area contributed by atoms with Crippen LogP contribution in [-0.4, -0.2) is 58.5 Å². The van der Waals surface area contributed by atoms with E-state index in [0.717, 1.165) is 12.8 Å². The molecule has 2 unspecified atom stereocenters. The summed E-state index contributed by atoms with van der Waals surface area (Å²) in [7, 11) is 0. The van der Waals surface area contributed by atoms with E-state index in [1.54, 1.807) is 4.90 Å². The van der Waals surface area contributed by atoms with Gasteiger partial charge in [0.05, 0.1) is 6.04 Å². The molecule has 0 bridgehead atoms. The van der Waals surface area contributed by atoms with E-state index in [9.17, 15) is 24.0 Å². The normalized spacial score (nSPS) is 26.4. The number of Topliss-reactive ketones (excluding diaryl/α,β-unsaturated/α-hetero) is 2. The molecule has 0 aromatic rings. The van der Waals surface area contributed by atoms with Gasteiger partial charge in [-0.05, 0) is 55.8 Å². The molecular formula is C27H44N4O5. The lowest BCUT2D eigenvalue weighted by atomic mass is 9.84. The number of hydrogen-bond acceptors (Lipinski definition) is 5. The van der Waals surface area contributed by atoms with Crippen LogP contribution in [0, 0.1) is 34.5 Å². The molecule has 0 aromatic carbocycles. The van der Waals surface area contributed by atoms with Crippen molar-refractivity contribution in [2.24, 2.45) is 40.2 Å². The van der Waals surface area contributed by atoms with Gasteiger partial charge in [0.1, 0.15) is 6.04 Å². The van der Waals surface area contributed by atoms with Crippen molar-refractivity contribution < 1.29 is 24.0 Å². The Hall–Kier alpha value is -2.45. The zero-order valence-corrected chi connectivity index (χ0v) is 23.1. The molecule has 1 saturated heterocycles. The Kier molecular flexibility index (Phi) is 7.38. The molecule has 2 aliphatic carbocycles. The third kappa shape index (κ3) is 6.09. The molecule has 1 heterocycles. The fourth-order valence-corrected chi connectivity index (χ4v) is 5.81. The summed E-state index contributed by atoms with van der Waals surface area (Å²) in [6, 6.07) is -1.97. The Morgan fingerprint density at radius 2 is 1.61 bits per heavy atom. The van der Waals surface area contributed by atoms with Crippen LogP contribution in [0.3, 0.4) is 0 Å². The maximum atomic E-state index is 13.9. The number of hydrogen-bond donors (Lipinski definition) is 3. The SMILES string of the molecule is CC(C)(C)NC(=O)N[C@H](C(=O)N1CC2[C@@H]([C@H]1C(=O)CC(CC1CC1)C(=O)C(N)=O)C2(C)C)C(C)(C)C. The standard InChI is InChI=1S/C27H44N4O5/c1-25(2,3)21(29-24(36)30-26(4,5)6)23(35)31-13-16-18(27(16,7)8)19(31)17(32)12-15(11-14-9-10-14)20(33)22(28)34/h14-16,18-19,21H,9-13H2,1-8H3,(H2,28,34)(H2,29,30,36)/t15?,16?,18-,19+,21+/m0/s1. The maximum Gasteiger partial charge on any atom is 0.315 e. The number of piperidine rings is 1. The molecule has 1 aliphatic heterocycles. The number of ketones is 2. The molecule has 3 fully saturated rings. The van der Waals surface area contributed by atoms with E-state index in [0.29, 0.717) is 18.9 Å². The first-order valence-corrected chi connectivity index (χ1v) is 13.1. The summed E-state index contributed by atoms with van der Waals surface area (Å²) in [5.41, 5.74) is 4.12. The summed E-state index contributed by atoms with van der Waals surface area (Å²) in [4.78, 5) is 66.0. The summed E-state index contributed by atoms with van der Waals surface area (Å²) in [6.07, 6.45) is 2.35. The molecule has 0 aromatic heterocycles. The van der Waals surface area contributed by atoms with Gasteiger partial charge in [0, 0.05) is 24.4 Å². The van der Waals surface area contributed by atoms with Crippen molar-refractivity contribution in [3.8, 4) is 0 Å². The highest BCUT2D eigenvalue weighted by Crippen LogP contribution is 2.65. The molecular weight excluding hydrogens is 460 g/mol. The number of likely N-dealkylation sites (tertiary alicyclic amines) is 1. The van der Waals surface area contributed by atoms with Gasteiger partial charge in [-0.25, -0.2) is 4.79 Å². The highest BCUT2D eigenvalue weighted by atomic mass is 16.2. The number of carbonyl (C=O) groups is 5. The van der Waals surface area contributed by atoms with E-state index < -0.39 is 46.7 Å². The topological polar surface area (TPSA) is 139 Å². The van der Waals surface area contributed by atoms with Crippen molar-refractivity contribution in [1.82, 2.24) is 15.5 Å². The van der Waals surface area contributed by atoms with Gasteiger partial charge in [-0.2, -0.15) is 0 Å². The molecule has 0 spiro atoms. The lowest BCUT2D eigenvalue weighted by Crippen LogP contribution is -2.60. The largest absolute Gasteiger partial charge is 0.363 e. The summed E-state index contributed by atoms with van der Waals surface area (Å²) in [5, 5.41) is 5.68. The molecule has 4 amide bonds. The number of urea groups is 1. The second kappa shape index (κ2) is 9.45. The van der Waals surface area contributed by atoms with Crippen LogP contribution in [0.1, 0.15) is 81.1 Å². The second-order valence-corrected chi connectivity index (χ2v) is 13.8. The predicted octanol–water partition coefficient (Wildman–Crippen LogP) is 2.41. The number of amides is 4. The molecule has 5 atom stereocenters. The molecule has 0 radical (unpaired) electrons. The third-order valence-corrected chi connectivity index (χ3v) is 8.07. The molecule has 9 heteroatoms. The highest BCUT2D eigenvalue weighted by Gasteiger charge is 2.69. The molecule has 202 valence electrons. The first-order valence-electron chi connectivity index (χ1n) is 13.1. The summed E-state index contributed by atoms with van der Waals surface area (Å²) < 4.78 is 0. The highest BCUT2D eigenvalue weighted by molar-refractivity contribution is 6.36. The van der Waals surface area contributed by atoms with Crippen LogP contribution in [0.5, 0.6) is 0 Å². The van der Waals surface area contributed by atoms with E-state index in [1.165, 1.54) is 0 Å². The predicted molar refractivity (Wildman–Crippen MR) is 136 cm³/mol. The van der Waals surface area contributed by atoms with Crippen molar-refractivity contribution in [3.05, 3.63) is 0 Å². The van der Waals surface area contributed by atoms with Gasteiger partial charge < -0.3 is 21.3 Å². The maximum absolute atomic E-state index is 13.9. The zero-order chi connectivity index (χ0) is 27.4. The van der Waals surface area contributed by atoms with Crippen LogP contribution in [0.2, 0.25) is 0 Å². The molecule has 3 aliphatic rings. The minimum Gasteiger partial charge on any atom is -0.363 e. The van der Waals surface area contributed by atoms with Gasteiger partial charge in [-0.1, -0.05) is 47.5 Å². The van der Waals surface area contributed by atoms with Crippen molar-refractivity contribution >= 4 is 29.4 Å². The monoisotopic (exact) mass is 504 g/mol. The Labute approximate surface area is 214 Å². The number of primary amides is 1. The van der Waals surface area contributed by atoms with Crippen molar-refractivity contribution in [3.63, 3.8) is 0 Å². The lowest BCUT2D eigenvalue weighted by Gasteiger charge is -2.38. The number of carbonyl (C=O) groups excluding carboxylic acids is 5. The van der Waals surface area contributed by atoms with Crippen LogP contribution < -0.4 is 16.4 Å². The van der Waals surface area contributed by atoms with Gasteiger partial charge in [0.15, 0.2) is 5.78 Å². The molecule has 9 nitrogen and oxygen atoms in total. The van der Waals surface area contributed by atoms with Crippen molar-refractivity contribution in [1.29, 1.82) is 0 Å². The molecule has 3 rings (SSSR count). The Balaban J connectivity index is 1.83. The van der Waals surface area contributed by atoms with Crippen LogP contribution in [0.15, 0.2) is 0 Å². The Morgan fingerprint density at radius 1 is 1.03 bits per heavy atom.